The number of amides is 1. The summed E-state index contributed by atoms with van der Waals surface area (Å²) < 4.78 is 0. The predicted molar refractivity (Wildman–Crippen MR) is 58.0 cm³/mol. The Morgan fingerprint density at radius 3 is 2.33 bits per heavy atom. The summed E-state index contributed by atoms with van der Waals surface area (Å²) in [7, 11) is 0. The molecule has 0 bridgehead atoms. The van der Waals surface area contributed by atoms with Crippen LogP contribution in [0.25, 0.3) is 0 Å². The molecule has 1 unspecified atom stereocenters. The van der Waals surface area contributed by atoms with Gasteiger partial charge in [-0.15, -0.1) is 0 Å². The smallest absolute Gasteiger partial charge is 0.222 e. The number of rotatable bonds is 1. The number of carbonyl (C=O) groups is 1. The molecule has 0 aromatic heterocycles. The van der Waals surface area contributed by atoms with Crippen molar-refractivity contribution in [2.45, 2.75) is 19.1 Å². The zero-order valence-electron chi connectivity index (χ0n) is 8.52. The number of nitrogens with two attached hydrogens (primary N) is 1. The second-order valence-corrected chi connectivity index (χ2v) is 3.35. The molecule has 1 aliphatic heterocycles. The summed E-state index contributed by atoms with van der Waals surface area (Å²) in [6, 6.07) is 9.99. The van der Waals surface area contributed by atoms with Crippen LogP contribution in [0.5, 0.6) is 0 Å². The molecule has 0 saturated carbocycles. The van der Waals surface area contributed by atoms with Crippen molar-refractivity contribution < 1.29 is 9.90 Å². The molecule has 1 atom stereocenters. The Bertz CT molecular complexity index is 301. The van der Waals surface area contributed by atoms with Crippen LogP contribution in [0.4, 0.5) is 0 Å². The molecular weight excluding hydrogens is 192 g/mol. The third-order valence-electron chi connectivity index (χ3n) is 2.03. The van der Waals surface area contributed by atoms with Crippen molar-refractivity contribution in [2.75, 3.05) is 6.54 Å². The first kappa shape index (κ1) is 11.7. The van der Waals surface area contributed by atoms with Crippen LogP contribution >= 0.6 is 0 Å². The fourth-order valence-corrected chi connectivity index (χ4v) is 1.20. The van der Waals surface area contributed by atoms with E-state index < -0.39 is 6.10 Å². The van der Waals surface area contributed by atoms with Crippen molar-refractivity contribution in [1.29, 1.82) is 0 Å². The fraction of sp³-hybridized carbons (Fsp3) is 0.364. The largest absolute Gasteiger partial charge is 0.391 e. The number of hydrogen-bond donors (Lipinski definition) is 3. The third kappa shape index (κ3) is 4.58. The predicted octanol–water partition coefficient (Wildman–Crippen LogP) is 0.0125. The van der Waals surface area contributed by atoms with Gasteiger partial charge >= 0.3 is 0 Å². The zero-order valence-corrected chi connectivity index (χ0v) is 8.52. The van der Waals surface area contributed by atoms with Gasteiger partial charge < -0.3 is 16.2 Å². The zero-order chi connectivity index (χ0) is 11.1. The minimum Gasteiger partial charge on any atom is -0.391 e. The summed E-state index contributed by atoms with van der Waals surface area (Å²) in [6.45, 7) is 1.07. The highest BCUT2D eigenvalue weighted by atomic mass is 16.3. The van der Waals surface area contributed by atoms with Crippen LogP contribution in [0.2, 0.25) is 0 Å². The van der Waals surface area contributed by atoms with Gasteiger partial charge in [-0.05, 0) is 5.56 Å². The number of benzene rings is 1. The number of aliphatic hydroxyl groups excluding tert-OH is 1. The quantitative estimate of drug-likeness (QED) is 0.608. The van der Waals surface area contributed by atoms with Crippen molar-refractivity contribution in [1.82, 2.24) is 5.32 Å². The Kier molecular flexibility index (Phi) is 4.80. The van der Waals surface area contributed by atoms with E-state index >= 15 is 0 Å². The van der Waals surface area contributed by atoms with Crippen LogP contribution in [0.1, 0.15) is 12.0 Å². The van der Waals surface area contributed by atoms with Gasteiger partial charge in [-0.2, -0.15) is 0 Å². The lowest BCUT2D eigenvalue weighted by Crippen LogP contribution is -2.14. The van der Waals surface area contributed by atoms with Crippen molar-refractivity contribution in [2.24, 2.45) is 5.73 Å². The van der Waals surface area contributed by atoms with Gasteiger partial charge in [-0.25, -0.2) is 0 Å². The molecule has 82 valence electrons. The molecule has 1 aromatic rings. The van der Waals surface area contributed by atoms with E-state index in [1.165, 1.54) is 5.56 Å². The van der Waals surface area contributed by atoms with Gasteiger partial charge in [0.05, 0.1) is 12.5 Å². The number of aliphatic hydroxyl groups is 1. The number of β-amino-alcohol motifs (C(OH)–C–C–N with tert-alkyl or cyclic N) is 1. The molecule has 4 nitrogen and oxygen atoms in total. The Labute approximate surface area is 89.1 Å². The lowest BCUT2D eigenvalue weighted by atomic mass is 10.2. The number of carbonyl (C=O) groups excluding carboxylic acids is 1. The summed E-state index contributed by atoms with van der Waals surface area (Å²) in [4.78, 5) is 10.2. The van der Waals surface area contributed by atoms with E-state index in [4.69, 9.17) is 10.8 Å². The van der Waals surface area contributed by atoms with Crippen molar-refractivity contribution in [3.05, 3.63) is 35.9 Å². The van der Waals surface area contributed by atoms with E-state index in [0.717, 1.165) is 0 Å². The molecule has 1 fully saturated rings. The maximum Gasteiger partial charge on any atom is 0.222 e. The Morgan fingerprint density at radius 1 is 1.40 bits per heavy atom. The third-order valence-corrected chi connectivity index (χ3v) is 2.03. The van der Waals surface area contributed by atoms with E-state index in [1.807, 2.05) is 30.3 Å². The molecule has 1 heterocycles. The fourth-order valence-electron chi connectivity index (χ4n) is 1.20. The number of nitrogens with one attached hydrogen (secondary N) is 1. The molecule has 4 heteroatoms. The van der Waals surface area contributed by atoms with Crippen LogP contribution in [0, 0.1) is 0 Å². The van der Waals surface area contributed by atoms with Crippen LogP contribution < -0.4 is 11.1 Å². The molecule has 1 aromatic carbocycles. The van der Waals surface area contributed by atoms with Crippen LogP contribution in [0.3, 0.4) is 0 Å². The average molecular weight is 208 g/mol. The second-order valence-electron chi connectivity index (χ2n) is 3.35. The molecule has 2 rings (SSSR count). The second kappa shape index (κ2) is 6.16. The highest BCUT2D eigenvalue weighted by Gasteiger charge is 2.17. The summed E-state index contributed by atoms with van der Waals surface area (Å²) in [5.41, 5.74) is 6.54. The van der Waals surface area contributed by atoms with E-state index in [2.05, 4.69) is 5.32 Å². The van der Waals surface area contributed by atoms with Crippen molar-refractivity contribution in [3.8, 4) is 0 Å². The van der Waals surface area contributed by atoms with Crippen LogP contribution in [0.15, 0.2) is 30.3 Å². The lowest BCUT2D eigenvalue weighted by molar-refractivity contribution is -0.119. The summed E-state index contributed by atoms with van der Waals surface area (Å²) in [6.07, 6.45) is -0.160. The minimum atomic E-state index is -0.438. The van der Waals surface area contributed by atoms with Gasteiger partial charge in [0, 0.05) is 13.1 Å². The van der Waals surface area contributed by atoms with Crippen LogP contribution in [-0.4, -0.2) is 23.7 Å². The molecule has 0 radical (unpaired) electrons. The summed E-state index contributed by atoms with van der Waals surface area (Å²) in [5.74, 6) is -0.0486. The summed E-state index contributed by atoms with van der Waals surface area (Å²) in [5, 5.41) is 11.1. The molecular formula is C11H16N2O2. The molecule has 0 spiro atoms. The van der Waals surface area contributed by atoms with Gasteiger partial charge in [0.15, 0.2) is 0 Å². The average Bonchev–Trinajstić information content (AvgIpc) is 2.65. The topological polar surface area (TPSA) is 75.4 Å². The van der Waals surface area contributed by atoms with Gasteiger partial charge in [-0.3, -0.25) is 4.79 Å². The molecule has 1 amide bonds. The van der Waals surface area contributed by atoms with Crippen LogP contribution in [-0.2, 0) is 11.3 Å². The van der Waals surface area contributed by atoms with E-state index in [-0.39, 0.29) is 12.3 Å². The SMILES string of the molecule is NCc1ccccc1.O=C1CC(O)CN1. The maximum atomic E-state index is 10.2. The van der Waals surface area contributed by atoms with E-state index in [9.17, 15) is 4.79 Å². The lowest BCUT2D eigenvalue weighted by Gasteiger charge is -1.90. The van der Waals surface area contributed by atoms with E-state index in [1.54, 1.807) is 0 Å². The van der Waals surface area contributed by atoms with Gasteiger partial charge in [0.25, 0.3) is 0 Å². The molecule has 4 N–H and O–H groups in total. The van der Waals surface area contributed by atoms with Crippen molar-refractivity contribution in [3.63, 3.8) is 0 Å². The molecule has 0 aliphatic carbocycles. The normalized spacial score (nSPS) is 19.1. The molecule has 1 aliphatic rings. The molecule has 15 heavy (non-hydrogen) atoms. The first-order valence-corrected chi connectivity index (χ1v) is 4.91. The highest BCUT2D eigenvalue weighted by molar-refractivity contribution is 5.78. The monoisotopic (exact) mass is 208 g/mol. The van der Waals surface area contributed by atoms with Gasteiger partial charge in [0.2, 0.25) is 5.91 Å². The number of hydrogen-bond acceptors (Lipinski definition) is 3. The first-order valence-electron chi connectivity index (χ1n) is 4.91. The van der Waals surface area contributed by atoms with E-state index in [0.29, 0.717) is 13.1 Å². The molecule has 1 saturated heterocycles. The van der Waals surface area contributed by atoms with Crippen molar-refractivity contribution >= 4 is 5.91 Å². The first-order chi connectivity index (χ1) is 7.22. The maximum absolute atomic E-state index is 10.2. The standard InChI is InChI=1S/C7H9N.C4H7NO2/c8-6-7-4-2-1-3-5-7;6-3-1-4(7)5-2-3/h1-5H,6,8H2;3,6H,1-2H2,(H,5,7). The minimum absolute atomic E-state index is 0.0486. The highest BCUT2D eigenvalue weighted by Crippen LogP contribution is 1.96. The summed E-state index contributed by atoms with van der Waals surface area (Å²) >= 11 is 0. The Hall–Kier alpha value is -1.39. The van der Waals surface area contributed by atoms with Gasteiger partial charge in [0.1, 0.15) is 0 Å². The Morgan fingerprint density at radius 2 is 2.07 bits per heavy atom. The Balaban J connectivity index is 0.000000151. The van der Waals surface area contributed by atoms with Gasteiger partial charge in [-0.1, -0.05) is 30.3 Å².